The molecule has 0 spiro atoms. The van der Waals surface area contributed by atoms with Crippen LogP contribution in [-0.4, -0.2) is 38.0 Å². The maximum atomic E-state index is 10.9. The zero-order chi connectivity index (χ0) is 25.9. The van der Waals surface area contributed by atoms with E-state index in [2.05, 4.69) is 58.1 Å². The van der Waals surface area contributed by atoms with Gasteiger partial charge in [0, 0.05) is 17.4 Å². The molecule has 5 nitrogen and oxygen atoms in total. The number of carbonyl (C=O) groups excluding carboxylic acids is 1. The van der Waals surface area contributed by atoms with Crippen LogP contribution in [0.25, 0.3) is 5.57 Å². The molecule has 2 aromatic rings. The lowest BCUT2D eigenvalue weighted by Crippen LogP contribution is -2.32. The summed E-state index contributed by atoms with van der Waals surface area (Å²) in [6.45, 7) is 14.4. The van der Waals surface area contributed by atoms with Crippen LogP contribution < -0.4 is 9.47 Å². The Balaban J connectivity index is 1.42. The molecule has 1 aliphatic heterocycles. The fourth-order valence-corrected chi connectivity index (χ4v) is 5.05. The van der Waals surface area contributed by atoms with Crippen molar-refractivity contribution in [2.45, 2.75) is 59.9 Å². The minimum atomic E-state index is -0.501. The van der Waals surface area contributed by atoms with Gasteiger partial charge in [-0.05, 0) is 92.3 Å². The summed E-state index contributed by atoms with van der Waals surface area (Å²) < 4.78 is 23.8. The summed E-state index contributed by atoms with van der Waals surface area (Å²) in [5.74, 6) is 1.41. The molecule has 1 aliphatic carbocycles. The molecule has 2 aliphatic rings. The van der Waals surface area contributed by atoms with Gasteiger partial charge >= 0.3 is 0 Å². The molecule has 1 fully saturated rings. The number of allylic oxidation sites excluding steroid dienone is 3. The zero-order valence-corrected chi connectivity index (χ0v) is 22.3. The third-order valence-corrected chi connectivity index (χ3v) is 7.35. The van der Waals surface area contributed by atoms with E-state index in [1.165, 1.54) is 22.3 Å². The van der Waals surface area contributed by atoms with Crippen LogP contribution in [0.5, 0.6) is 11.5 Å². The van der Waals surface area contributed by atoms with Crippen LogP contribution in [0, 0.1) is 25.2 Å². The molecule has 3 atom stereocenters. The lowest BCUT2D eigenvalue weighted by Gasteiger charge is -2.37. The van der Waals surface area contributed by atoms with Gasteiger partial charge in [-0.3, -0.25) is 4.79 Å². The highest BCUT2D eigenvalue weighted by Crippen LogP contribution is 2.44. The Bertz CT molecular complexity index is 1120. The van der Waals surface area contributed by atoms with Gasteiger partial charge in [0.2, 0.25) is 0 Å². The Morgan fingerprint density at radius 1 is 1.03 bits per heavy atom. The Hall–Kier alpha value is -2.89. The first-order valence-corrected chi connectivity index (χ1v) is 12.7. The van der Waals surface area contributed by atoms with Gasteiger partial charge in [0.15, 0.2) is 5.79 Å². The fourth-order valence-electron chi connectivity index (χ4n) is 5.05. The van der Waals surface area contributed by atoms with Crippen molar-refractivity contribution in [1.29, 1.82) is 0 Å². The van der Waals surface area contributed by atoms with Crippen molar-refractivity contribution in [2.75, 3.05) is 19.8 Å². The van der Waals surface area contributed by atoms with Crippen LogP contribution >= 0.6 is 0 Å². The van der Waals surface area contributed by atoms with Gasteiger partial charge in [-0.25, -0.2) is 0 Å². The monoisotopic (exact) mass is 490 g/mol. The lowest BCUT2D eigenvalue weighted by atomic mass is 9.69. The van der Waals surface area contributed by atoms with Gasteiger partial charge in [-0.2, -0.15) is 0 Å². The predicted molar refractivity (Wildman–Crippen MR) is 143 cm³/mol. The first-order valence-electron chi connectivity index (χ1n) is 12.7. The van der Waals surface area contributed by atoms with Gasteiger partial charge in [-0.15, -0.1) is 0 Å². The molecule has 0 saturated carbocycles. The summed E-state index contributed by atoms with van der Waals surface area (Å²) in [4.78, 5) is 10.9. The standard InChI is InChI=1S/C31H38O5/c1-21-16-27(33-15-13-26-19-35-30(4,5)36-26)17-22(2)29(21)28-8-7-14-31(6,23(28)3)20-34-25-11-9-24(18-32)10-12-25/h7-12,14,16-18,23,26H,13,15,19-20H2,1-6H3/t23?,26-,31?/m1/s1. The first kappa shape index (κ1) is 26.2. The molecule has 0 aromatic heterocycles. The third kappa shape index (κ3) is 5.91. The highest BCUT2D eigenvalue weighted by Gasteiger charge is 2.35. The molecule has 5 heteroatoms. The average Bonchev–Trinajstić information content (AvgIpc) is 3.19. The van der Waals surface area contributed by atoms with E-state index in [9.17, 15) is 4.79 Å². The number of aldehydes is 1. The highest BCUT2D eigenvalue weighted by atomic mass is 16.7. The second kappa shape index (κ2) is 10.6. The number of rotatable bonds is 9. The number of ether oxygens (including phenoxy) is 4. The van der Waals surface area contributed by atoms with Crippen molar-refractivity contribution in [3.63, 3.8) is 0 Å². The van der Waals surface area contributed by atoms with E-state index in [4.69, 9.17) is 18.9 Å². The second-order valence-electron chi connectivity index (χ2n) is 10.7. The summed E-state index contributed by atoms with van der Waals surface area (Å²) in [6, 6.07) is 11.5. The van der Waals surface area contributed by atoms with Gasteiger partial charge in [0.1, 0.15) is 17.8 Å². The molecule has 36 heavy (non-hydrogen) atoms. The quantitative estimate of drug-likeness (QED) is 0.366. The second-order valence-corrected chi connectivity index (χ2v) is 10.7. The van der Waals surface area contributed by atoms with Crippen LogP contribution in [0.2, 0.25) is 0 Å². The van der Waals surface area contributed by atoms with Gasteiger partial charge in [-0.1, -0.05) is 32.1 Å². The number of benzene rings is 2. The molecule has 2 unspecified atom stereocenters. The molecular formula is C31H38O5. The maximum Gasteiger partial charge on any atom is 0.163 e. The van der Waals surface area contributed by atoms with Crippen molar-refractivity contribution in [2.24, 2.45) is 11.3 Å². The lowest BCUT2D eigenvalue weighted by molar-refractivity contribution is -0.139. The first-order chi connectivity index (χ1) is 17.1. The smallest absolute Gasteiger partial charge is 0.163 e. The van der Waals surface area contributed by atoms with E-state index in [0.717, 1.165) is 24.2 Å². The number of aryl methyl sites for hydroxylation is 2. The van der Waals surface area contributed by atoms with E-state index in [0.29, 0.717) is 25.4 Å². The van der Waals surface area contributed by atoms with Gasteiger partial charge in [0.25, 0.3) is 0 Å². The number of hydrogen-bond donors (Lipinski definition) is 0. The molecule has 4 rings (SSSR count). The number of carbonyl (C=O) groups is 1. The largest absolute Gasteiger partial charge is 0.493 e. The molecule has 0 amide bonds. The van der Waals surface area contributed by atoms with Crippen molar-refractivity contribution >= 4 is 11.9 Å². The summed E-state index contributed by atoms with van der Waals surface area (Å²) in [5, 5.41) is 0. The SMILES string of the molecule is Cc1cc(OCC[C@@H]2COC(C)(C)O2)cc(C)c1C1=CC=CC(C)(COc2ccc(C=O)cc2)C1C. The van der Waals surface area contributed by atoms with Crippen molar-refractivity contribution in [1.82, 2.24) is 0 Å². The predicted octanol–water partition coefficient (Wildman–Crippen LogP) is 6.71. The van der Waals surface area contributed by atoms with E-state index >= 15 is 0 Å². The molecule has 0 bridgehead atoms. The molecular weight excluding hydrogens is 452 g/mol. The number of hydrogen-bond acceptors (Lipinski definition) is 5. The zero-order valence-electron chi connectivity index (χ0n) is 22.3. The van der Waals surface area contributed by atoms with Gasteiger partial charge < -0.3 is 18.9 Å². The summed E-state index contributed by atoms with van der Waals surface area (Å²) in [5.41, 5.74) is 5.46. The average molecular weight is 491 g/mol. The molecule has 2 aromatic carbocycles. The minimum Gasteiger partial charge on any atom is -0.493 e. The third-order valence-electron chi connectivity index (χ3n) is 7.35. The molecule has 0 radical (unpaired) electrons. The van der Waals surface area contributed by atoms with Crippen LogP contribution in [0.1, 0.15) is 61.2 Å². The van der Waals surface area contributed by atoms with Crippen LogP contribution in [0.15, 0.2) is 54.6 Å². The summed E-state index contributed by atoms with van der Waals surface area (Å²) in [7, 11) is 0. The Kier molecular flexibility index (Phi) is 7.72. The van der Waals surface area contributed by atoms with E-state index in [1.807, 2.05) is 26.0 Å². The Morgan fingerprint density at radius 2 is 1.72 bits per heavy atom. The van der Waals surface area contributed by atoms with Crippen molar-refractivity contribution in [3.8, 4) is 11.5 Å². The Labute approximate surface area is 215 Å². The van der Waals surface area contributed by atoms with Gasteiger partial charge in [0.05, 0.1) is 25.9 Å². The maximum absolute atomic E-state index is 10.9. The van der Waals surface area contributed by atoms with Crippen LogP contribution in [0.4, 0.5) is 0 Å². The van der Waals surface area contributed by atoms with Crippen LogP contribution in [-0.2, 0) is 9.47 Å². The Morgan fingerprint density at radius 3 is 2.33 bits per heavy atom. The molecule has 1 saturated heterocycles. The molecule has 0 N–H and O–H groups in total. The fraction of sp³-hybridized carbons (Fsp3) is 0.452. The minimum absolute atomic E-state index is 0.0735. The highest BCUT2D eigenvalue weighted by molar-refractivity contribution is 5.76. The van der Waals surface area contributed by atoms with E-state index < -0.39 is 5.79 Å². The molecule has 1 heterocycles. The van der Waals surface area contributed by atoms with Crippen molar-refractivity contribution < 1.29 is 23.7 Å². The summed E-state index contributed by atoms with van der Waals surface area (Å²) in [6.07, 6.45) is 8.31. The van der Waals surface area contributed by atoms with E-state index in [1.54, 1.807) is 12.1 Å². The van der Waals surface area contributed by atoms with Crippen LogP contribution in [0.3, 0.4) is 0 Å². The normalized spacial score (nSPS) is 24.9. The molecule has 192 valence electrons. The topological polar surface area (TPSA) is 54.0 Å². The van der Waals surface area contributed by atoms with E-state index in [-0.39, 0.29) is 17.4 Å². The van der Waals surface area contributed by atoms with Crippen molar-refractivity contribution in [3.05, 3.63) is 76.9 Å². The summed E-state index contributed by atoms with van der Waals surface area (Å²) >= 11 is 0.